The molecule has 0 saturated heterocycles. The minimum atomic E-state index is -0.0623. The summed E-state index contributed by atoms with van der Waals surface area (Å²) in [6.45, 7) is 4.48. The van der Waals surface area contributed by atoms with E-state index in [1.807, 2.05) is 36.7 Å². The van der Waals surface area contributed by atoms with Gasteiger partial charge in [-0.1, -0.05) is 12.0 Å². The lowest BCUT2D eigenvalue weighted by atomic mass is 10.1. The predicted molar refractivity (Wildman–Crippen MR) is 93.3 cm³/mol. The fraction of sp³-hybridized carbons (Fsp3) is 0.316. The van der Waals surface area contributed by atoms with Gasteiger partial charge in [-0.25, -0.2) is 0 Å². The smallest absolute Gasteiger partial charge is 0.224 e. The van der Waals surface area contributed by atoms with Crippen molar-refractivity contribution in [2.24, 2.45) is 0 Å². The highest BCUT2D eigenvalue weighted by atomic mass is 16.1. The molecule has 0 spiro atoms. The van der Waals surface area contributed by atoms with Gasteiger partial charge < -0.3 is 5.32 Å². The second-order valence-corrected chi connectivity index (χ2v) is 5.55. The molecule has 1 N–H and O–H groups in total. The molecule has 5 nitrogen and oxygen atoms in total. The molecule has 0 saturated carbocycles. The van der Waals surface area contributed by atoms with Crippen LogP contribution in [0.15, 0.2) is 24.3 Å². The lowest BCUT2D eigenvalue weighted by molar-refractivity contribution is -0.116. The molecule has 24 heavy (non-hydrogen) atoms. The molecule has 2 aromatic rings. The van der Waals surface area contributed by atoms with E-state index in [0.717, 1.165) is 22.5 Å². The monoisotopic (exact) mass is 320 g/mol. The van der Waals surface area contributed by atoms with Crippen molar-refractivity contribution in [3.8, 4) is 18.4 Å². The molecule has 1 heterocycles. The van der Waals surface area contributed by atoms with Crippen molar-refractivity contribution in [1.29, 1.82) is 5.26 Å². The van der Waals surface area contributed by atoms with Gasteiger partial charge in [0.1, 0.15) is 0 Å². The van der Waals surface area contributed by atoms with E-state index in [2.05, 4.69) is 22.4 Å². The summed E-state index contributed by atoms with van der Waals surface area (Å²) in [7, 11) is 0. The molecule has 0 aliphatic carbocycles. The van der Waals surface area contributed by atoms with Crippen LogP contribution in [0.4, 0.5) is 5.69 Å². The van der Waals surface area contributed by atoms with E-state index in [4.69, 9.17) is 11.7 Å². The molecule has 122 valence electrons. The molecule has 0 unspecified atom stereocenters. The second-order valence-electron chi connectivity index (χ2n) is 5.55. The Hall–Kier alpha value is -3.05. The molecular formula is C19H20N4O. The molecule has 1 aromatic carbocycles. The maximum Gasteiger partial charge on any atom is 0.224 e. The molecule has 0 atom stereocenters. The van der Waals surface area contributed by atoms with Gasteiger partial charge in [0.15, 0.2) is 0 Å². The van der Waals surface area contributed by atoms with E-state index in [9.17, 15) is 4.79 Å². The van der Waals surface area contributed by atoms with E-state index in [-0.39, 0.29) is 5.91 Å². The van der Waals surface area contributed by atoms with Crippen molar-refractivity contribution in [3.63, 3.8) is 0 Å². The fourth-order valence-corrected chi connectivity index (χ4v) is 2.62. The lowest BCUT2D eigenvalue weighted by Gasteiger charge is -2.06. The Labute approximate surface area is 142 Å². The van der Waals surface area contributed by atoms with E-state index in [1.165, 1.54) is 0 Å². The number of aryl methyl sites for hydroxylation is 2. The van der Waals surface area contributed by atoms with Gasteiger partial charge >= 0.3 is 0 Å². The summed E-state index contributed by atoms with van der Waals surface area (Å²) in [6.07, 6.45) is 6.77. The topological polar surface area (TPSA) is 70.7 Å². The number of nitriles is 1. The van der Waals surface area contributed by atoms with Crippen LogP contribution >= 0.6 is 0 Å². The van der Waals surface area contributed by atoms with E-state index >= 15 is 0 Å². The maximum atomic E-state index is 12.2. The number of hydrogen-bond donors (Lipinski definition) is 1. The van der Waals surface area contributed by atoms with Gasteiger partial charge in [0.05, 0.1) is 24.7 Å². The number of hydrogen-bond acceptors (Lipinski definition) is 3. The van der Waals surface area contributed by atoms with Gasteiger partial charge in [-0.3, -0.25) is 9.48 Å². The van der Waals surface area contributed by atoms with Crippen molar-refractivity contribution < 1.29 is 4.79 Å². The van der Waals surface area contributed by atoms with Gasteiger partial charge in [-0.2, -0.15) is 10.4 Å². The van der Waals surface area contributed by atoms with Crippen LogP contribution in [-0.4, -0.2) is 15.7 Å². The Morgan fingerprint density at radius 1 is 1.42 bits per heavy atom. The number of benzene rings is 1. The Kier molecular flexibility index (Phi) is 5.76. The highest BCUT2D eigenvalue weighted by molar-refractivity contribution is 5.91. The van der Waals surface area contributed by atoms with Crippen molar-refractivity contribution in [2.75, 3.05) is 5.32 Å². The molecule has 0 bridgehead atoms. The maximum absolute atomic E-state index is 12.2. The number of anilines is 1. The van der Waals surface area contributed by atoms with Crippen LogP contribution in [0.5, 0.6) is 0 Å². The van der Waals surface area contributed by atoms with E-state index < -0.39 is 0 Å². The number of rotatable bonds is 6. The fourth-order valence-electron chi connectivity index (χ4n) is 2.62. The lowest BCUT2D eigenvalue weighted by Crippen LogP contribution is -2.13. The van der Waals surface area contributed by atoms with Gasteiger partial charge in [-0.15, -0.1) is 6.42 Å². The minimum Gasteiger partial charge on any atom is -0.326 e. The number of aromatic nitrogens is 2. The molecule has 1 amide bonds. The number of carbonyl (C=O) groups excluding carboxylic acids is 1. The standard InChI is InChI=1S/C19H20N4O/c1-4-16-7-5-8-17(13-16)21-19(24)10-9-18-14(2)22-23(15(18)3)12-6-11-20/h1,5,7-8,13H,6,9-10,12H2,2-3H3,(H,21,24). The Balaban J connectivity index is 1.98. The summed E-state index contributed by atoms with van der Waals surface area (Å²) in [4.78, 5) is 12.2. The van der Waals surface area contributed by atoms with Crippen molar-refractivity contribution >= 4 is 11.6 Å². The summed E-state index contributed by atoms with van der Waals surface area (Å²) < 4.78 is 1.84. The van der Waals surface area contributed by atoms with Gasteiger partial charge in [0.25, 0.3) is 0 Å². The van der Waals surface area contributed by atoms with Crippen LogP contribution in [0.3, 0.4) is 0 Å². The third kappa shape index (κ3) is 4.24. The zero-order valence-electron chi connectivity index (χ0n) is 14.0. The van der Waals surface area contributed by atoms with E-state index in [0.29, 0.717) is 31.5 Å². The first-order valence-corrected chi connectivity index (χ1v) is 7.81. The van der Waals surface area contributed by atoms with Crippen LogP contribution in [0.2, 0.25) is 0 Å². The first-order chi connectivity index (χ1) is 11.5. The minimum absolute atomic E-state index is 0.0623. The number of nitrogens with zero attached hydrogens (tertiary/aromatic N) is 3. The average Bonchev–Trinajstić information content (AvgIpc) is 2.85. The molecular weight excluding hydrogens is 300 g/mol. The molecule has 2 rings (SSSR count). The number of carbonyl (C=O) groups is 1. The van der Waals surface area contributed by atoms with E-state index in [1.54, 1.807) is 6.07 Å². The third-order valence-corrected chi connectivity index (χ3v) is 3.88. The molecule has 5 heteroatoms. The molecule has 0 aliphatic rings. The highest BCUT2D eigenvalue weighted by Gasteiger charge is 2.13. The molecule has 1 aromatic heterocycles. The average molecular weight is 320 g/mol. The number of terminal acetylenes is 1. The van der Waals surface area contributed by atoms with Gasteiger partial charge in [-0.05, 0) is 44.0 Å². The molecule has 0 radical (unpaired) electrons. The SMILES string of the molecule is C#Cc1cccc(NC(=O)CCc2c(C)nn(CCC#N)c2C)c1. The summed E-state index contributed by atoms with van der Waals surface area (Å²) in [5, 5.41) is 16.0. The summed E-state index contributed by atoms with van der Waals surface area (Å²) in [6, 6.07) is 9.34. The third-order valence-electron chi connectivity index (χ3n) is 3.88. The van der Waals surface area contributed by atoms with Crippen LogP contribution in [0, 0.1) is 37.5 Å². The van der Waals surface area contributed by atoms with Gasteiger partial charge in [0, 0.05) is 23.4 Å². The first-order valence-electron chi connectivity index (χ1n) is 7.81. The largest absolute Gasteiger partial charge is 0.326 e. The van der Waals surface area contributed by atoms with Crippen LogP contribution in [0.1, 0.15) is 35.4 Å². The van der Waals surface area contributed by atoms with Crippen molar-refractivity contribution in [1.82, 2.24) is 9.78 Å². The van der Waals surface area contributed by atoms with Crippen LogP contribution in [0.25, 0.3) is 0 Å². The summed E-state index contributed by atoms with van der Waals surface area (Å²) in [5.41, 5.74) is 4.43. The van der Waals surface area contributed by atoms with Crippen molar-refractivity contribution in [2.45, 2.75) is 39.7 Å². The Bertz CT molecular complexity index is 821. The predicted octanol–water partition coefficient (Wildman–Crippen LogP) is 2.97. The number of amides is 1. The summed E-state index contributed by atoms with van der Waals surface area (Å²) >= 11 is 0. The molecule has 0 aliphatic heterocycles. The Morgan fingerprint density at radius 2 is 2.21 bits per heavy atom. The van der Waals surface area contributed by atoms with Crippen LogP contribution in [-0.2, 0) is 17.8 Å². The number of nitrogens with one attached hydrogen (secondary N) is 1. The second kappa shape index (κ2) is 7.99. The molecule has 0 fully saturated rings. The summed E-state index contributed by atoms with van der Waals surface area (Å²) in [5.74, 6) is 2.49. The van der Waals surface area contributed by atoms with Crippen LogP contribution < -0.4 is 5.32 Å². The zero-order chi connectivity index (χ0) is 17.5. The normalized spacial score (nSPS) is 10.0. The quantitative estimate of drug-likeness (QED) is 0.832. The van der Waals surface area contributed by atoms with Crippen molar-refractivity contribution in [3.05, 3.63) is 46.8 Å². The zero-order valence-corrected chi connectivity index (χ0v) is 14.0. The highest BCUT2D eigenvalue weighted by Crippen LogP contribution is 2.16. The first kappa shape index (κ1) is 17.3. The Morgan fingerprint density at radius 3 is 2.92 bits per heavy atom. The van der Waals surface area contributed by atoms with Gasteiger partial charge in [0.2, 0.25) is 5.91 Å².